The molecule has 2 rings (SSSR count). The van der Waals surface area contributed by atoms with Gasteiger partial charge in [0.05, 0.1) is 5.56 Å². The van der Waals surface area contributed by atoms with Crippen molar-refractivity contribution in [3.05, 3.63) is 22.3 Å². The lowest BCUT2D eigenvalue weighted by Gasteiger charge is -2.17. The number of alkyl halides is 3. The molecule has 0 aliphatic carbocycles. The van der Waals surface area contributed by atoms with E-state index in [0.717, 1.165) is 11.1 Å². The Balaban J connectivity index is 2.38. The lowest BCUT2D eigenvalue weighted by Crippen LogP contribution is -2.32. The van der Waals surface area contributed by atoms with Crippen molar-refractivity contribution in [1.82, 2.24) is 4.98 Å². The number of carbonyl (C=O) groups is 1. The molecule has 2 heterocycles. The van der Waals surface area contributed by atoms with Gasteiger partial charge in [-0.25, -0.2) is 18.5 Å². The van der Waals surface area contributed by atoms with E-state index < -0.39 is 32.9 Å². The minimum Gasteiger partial charge on any atom is -0.295 e. The molecule has 116 valence electrons. The molecule has 0 saturated carbocycles. The summed E-state index contributed by atoms with van der Waals surface area (Å²) >= 11 is 2.73. The van der Waals surface area contributed by atoms with Gasteiger partial charge in [0.1, 0.15) is 11.1 Å². The summed E-state index contributed by atoms with van der Waals surface area (Å²) in [6.07, 6.45) is -4.09. The van der Waals surface area contributed by atoms with Gasteiger partial charge in [-0.1, -0.05) is 0 Å². The van der Waals surface area contributed by atoms with E-state index in [0.29, 0.717) is 6.07 Å². The quantitative estimate of drug-likeness (QED) is 0.826. The number of hydrogen-bond acceptors (Lipinski definition) is 4. The predicted molar refractivity (Wildman–Crippen MR) is 70.8 cm³/mol. The maximum atomic E-state index is 12.8. The molecule has 0 radical (unpaired) electrons. The molecule has 1 unspecified atom stereocenters. The Hall–Kier alpha value is -1.20. The van der Waals surface area contributed by atoms with E-state index in [1.54, 1.807) is 0 Å². The zero-order valence-corrected chi connectivity index (χ0v) is 12.7. The van der Waals surface area contributed by atoms with Crippen LogP contribution >= 0.6 is 15.9 Å². The van der Waals surface area contributed by atoms with Gasteiger partial charge in [-0.2, -0.15) is 13.2 Å². The molecule has 1 aliphatic heterocycles. The van der Waals surface area contributed by atoms with Crippen LogP contribution in [0.3, 0.4) is 0 Å². The maximum Gasteiger partial charge on any atom is 0.417 e. The van der Waals surface area contributed by atoms with Gasteiger partial charge >= 0.3 is 6.18 Å². The Morgan fingerprint density at radius 1 is 1.43 bits per heavy atom. The van der Waals surface area contributed by atoms with Gasteiger partial charge in [-0.15, -0.1) is 0 Å². The van der Waals surface area contributed by atoms with Gasteiger partial charge in [0.25, 0.3) is 0 Å². The van der Waals surface area contributed by atoms with E-state index in [4.69, 9.17) is 5.14 Å². The van der Waals surface area contributed by atoms with Crippen molar-refractivity contribution >= 4 is 37.7 Å². The number of anilines is 1. The van der Waals surface area contributed by atoms with Crippen LogP contribution in [0.15, 0.2) is 16.7 Å². The SMILES string of the molecule is NS(=O)(=O)C1CC(=O)N(c2cc(C(F)(F)F)c(Br)cn2)C1. The third kappa shape index (κ3) is 3.35. The second-order valence-electron chi connectivity index (χ2n) is 4.44. The van der Waals surface area contributed by atoms with E-state index >= 15 is 0 Å². The number of amides is 1. The van der Waals surface area contributed by atoms with Crippen LogP contribution in [0.4, 0.5) is 19.0 Å². The molecule has 0 spiro atoms. The van der Waals surface area contributed by atoms with Crippen molar-refractivity contribution in [2.75, 3.05) is 11.4 Å². The molecule has 21 heavy (non-hydrogen) atoms. The predicted octanol–water partition coefficient (Wildman–Crippen LogP) is 1.26. The van der Waals surface area contributed by atoms with E-state index in [1.807, 2.05) is 0 Å². The molecular weight excluding hydrogens is 379 g/mol. The average Bonchev–Trinajstić information content (AvgIpc) is 2.70. The van der Waals surface area contributed by atoms with Crippen LogP contribution in [0.2, 0.25) is 0 Å². The van der Waals surface area contributed by atoms with Crippen LogP contribution < -0.4 is 10.0 Å². The summed E-state index contributed by atoms with van der Waals surface area (Å²) in [6, 6.07) is 0.688. The monoisotopic (exact) mass is 387 g/mol. The zero-order valence-electron chi connectivity index (χ0n) is 10.3. The standard InChI is InChI=1S/C10H9BrF3N3O3S/c11-7-3-16-8(2-6(7)10(12,13)14)17-4-5(1-9(17)18)21(15,19)20/h2-3,5H,1,4H2,(H2,15,19,20). The highest BCUT2D eigenvalue weighted by atomic mass is 79.9. The van der Waals surface area contributed by atoms with E-state index in [-0.39, 0.29) is 23.3 Å². The highest BCUT2D eigenvalue weighted by molar-refractivity contribution is 9.10. The van der Waals surface area contributed by atoms with Crippen molar-refractivity contribution in [3.63, 3.8) is 0 Å². The molecule has 11 heteroatoms. The first kappa shape index (κ1) is 16.2. The zero-order chi connectivity index (χ0) is 16.0. The second-order valence-corrected chi connectivity index (χ2v) is 7.14. The third-order valence-electron chi connectivity index (χ3n) is 2.98. The van der Waals surface area contributed by atoms with Crippen LogP contribution in [0.25, 0.3) is 0 Å². The molecule has 2 N–H and O–H groups in total. The molecule has 1 atom stereocenters. The van der Waals surface area contributed by atoms with Crippen LogP contribution in [-0.4, -0.2) is 31.1 Å². The number of nitrogens with two attached hydrogens (primary N) is 1. The molecule has 0 bridgehead atoms. The Morgan fingerprint density at radius 3 is 2.52 bits per heavy atom. The van der Waals surface area contributed by atoms with Crippen LogP contribution in [-0.2, 0) is 21.0 Å². The molecule has 1 aliphatic rings. The van der Waals surface area contributed by atoms with Crippen molar-refractivity contribution in [2.45, 2.75) is 17.8 Å². The second kappa shape index (κ2) is 5.21. The third-order valence-corrected chi connectivity index (χ3v) is 4.85. The van der Waals surface area contributed by atoms with Crippen LogP contribution in [0.5, 0.6) is 0 Å². The smallest absolute Gasteiger partial charge is 0.295 e. The number of halogens is 4. The normalized spacial score (nSPS) is 20.1. The minimum atomic E-state index is -4.63. The number of hydrogen-bond donors (Lipinski definition) is 1. The molecule has 1 aromatic heterocycles. The summed E-state index contributed by atoms with van der Waals surface area (Å²) < 4.78 is 60.6. The fourth-order valence-electron chi connectivity index (χ4n) is 1.91. The van der Waals surface area contributed by atoms with E-state index in [9.17, 15) is 26.4 Å². The van der Waals surface area contributed by atoms with Crippen molar-refractivity contribution in [1.29, 1.82) is 0 Å². The largest absolute Gasteiger partial charge is 0.417 e. The summed E-state index contributed by atoms with van der Waals surface area (Å²) in [4.78, 5) is 16.4. The lowest BCUT2D eigenvalue weighted by atomic mass is 10.2. The topological polar surface area (TPSA) is 93.4 Å². The highest BCUT2D eigenvalue weighted by Crippen LogP contribution is 2.36. The number of primary sulfonamides is 1. The number of sulfonamides is 1. The Labute approximate surface area is 126 Å². The summed E-state index contributed by atoms with van der Waals surface area (Å²) in [6.45, 7) is -0.316. The van der Waals surface area contributed by atoms with Gasteiger partial charge in [0, 0.05) is 23.6 Å². The summed E-state index contributed by atoms with van der Waals surface area (Å²) in [7, 11) is -3.94. The maximum absolute atomic E-state index is 12.8. The van der Waals surface area contributed by atoms with E-state index in [1.165, 1.54) is 0 Å². The number of pyridine rings is 1. The molecule has 0 aromatic carbocycles. The fraction of sp³-hybridized carbons (Fsp3) is 0.400. The summed E-state index contributed by atoms with van der Waals surface area (Å²) in [5.41, 5.74) is -1.00. The van der Waals surface area contributed by atoms with Gasteiger partial charge in [-0.3, -0.25) is 9.69 Å². The Morgan fingerprint density at radius 2 is 2.05 bits per heavy atom. The molecule has 1 aromatic rings. The molecular formula is C10H9BrF3N3O3S. The van der Waals surface area contributed by atoms with Crippen molar-refractivity contribution in [2.24, 2.45) is 5.14 Å². The Kier molecular flexibility index (Phi) is 4.02. The van der Waals surface area contributed by atoms with Crippen molar-refractivity contribution in [3.8, 4) is 0 Å². The average molecular weight is 388 g/mol. The first-order valence-corrected chi connectivity index (χ1v) is 7.95. The number of aromatic nitrogens is 1. The van der Waals surface area contributed by atoms with Gasteiger partial charge in [0.15, 0.2) is 0 Å². The highest BCUT2D eigenvalue weighted by Gasteiger charge is 2.39. The lowest BCUT2D eigenvalue weighted by molar-refractivity contribution is -0.138. The molecule has 1 amide bonds. The summed E-state index contributed by atoms with van der Waals surface area (Å²) in [5, 5.41) is 3.80. The Bertz CT molecular complexity index is 693. The first-order chi connectivity index (χ1) is 9.50. The minimum absolute atomic E-state index is 0.262. The number of rotatable bonds is 2. The summed E-state index contributed by atoms with van der Waals surface area (Å²) in [5.74, 6) is -0.904. The fourth-order valence-corrected chi connectivity index (χ4v) is 3.08. The van der Waals surface area contributed by atoms with Crippen LogP contribution in [0, 0.1) is 0 Å². The number of carbonyl (C=O) groups excluding carboxylic acids is 1. The molecule has 6 nitrogen and oxygen atoms in total. The first-order valence-electron chi connectivity index (χ1n) is 5.55. The molecule has 1 saturated heterocycles. The van der Waals surface area contributed by atoms with Gasteiger partial charge < -0.3 is 0 Å². The number of nitrogens with zero attached hydrogens (tertiary/aromatic N) is 2. The van der Waals surface area contributed by atoms with Gasteiger partial charge in [0.2, 0.25) is 15.9 Å². The van der Waals surface area contributed by atoms with Crippen molar-refractivity contribution < 1.29 is 26.4 Å². The van der Waals surface area contributed by atoms with E-state index in [2.05, 4.69) is 20.9 Å². The van der Waals surface area contributed by atoms with Crippen LogP contribution in [0.1, 0.15) is 12.0 Å². The van der Waals surface area contributed by atoms with Gasteiger partial charge in [-0.05, 0) is 22.0 Å². The molecule has 1 fully saturated rings.